The van der Waals surface area contributed by atoms with E-state index < -0.39 is 0 Å². The van der Waals surface area contributed by atoms with Crippen LogP contribution in [0.3, 0.4) is 0 Å². The van der Waals surface area contributed by atoms with E-state index in [0.29, 0.717) is 0 Å². The molecule has 2 aromatic carbocycles. The van der Waals surface area contributed by atoms with Crippen molar-refractivity contribution in [3.05, 3.63) is 93.8 Å². The molecule has 0 aliphatic heterocycles. The van der Waals surface area contributed by atoms with Gasteiger partial charge in [-0.1, -0.05) is 48.0 Å². The molecule has 0 N–H and O–H groups in total. The minimum Gasteiger partial charge on any atom is -0.320 e. The zero-order valence-corrected chi connectivity index (χ0v) is 15.8. The van der Waals surface area contributed by atoms with Crippen molar-refractivity contribution in [2.75, 3.05) is 0 Å². The van der Waals surface area contributed by atoms with Gasteiger partial charge in [-0.05, 0) is 72.9 Å². The van der Waals surface area contributed by atoms with E-state index in [-0.39, 0.29) is 0 Å². The van der Waals surface area contributed by atoms with E-state index in [1.165, 1.54) is 27.8 Å². The van der Waals surface area contributed by atoms with Gasteiger partial charge in [-0.25, -0.2) is 4.98 Å². The van der Waals surface area contributed by atoms with Crippen molar-refractivity contribution in [1.29, 1.82) is 0 Å². The quantitative estimate of drug-likeness (QED) is 0.537. The summed E-state index contributed by atoms with van der Waals surface area (Å²) in [5.41, 5.74) is 7.21. The summed E-state index contributed by atoms with van der Waals surface area (Å²) in [5.74, 6) is 0.973. The molecule has 0 radical (unpaired) electrons. The number of hydrogen-bond acceptors (Lipinski definition) is 1. The van der Waals surface area contributed by atoms with Crippen molar-refractivity contribution in [3.8, 4) is 0 Å². The van der Waals surface area contributed by atoms with E-state index in [4.69, 9.17) is 16.6 Å². The summed E-state index contributed by atoms with van der Waals surface area (Å²) < 4.78 is 2.28. The van der Waals surface area contributed by atoms with Crippen LogP contribution >= 0.6 is 11.6 Å². The largest absolute Gasteiger partial charge is 0.320 e. The summed E-state index contributed by atoms with van der Waals surface area (Å²) in [4.78, 5) is 4.89. The van der Waals surface area contributed by atoms with E-state index in [1.54, 1.807) is 0 Å². The monoisotopic (exact) mass is 360 g/mol. The maximum Gasteiger partial charge on any atom is 0.134 e. The second kappa shape index (κ2) is 6.97. The molecule has 1 heterocycles. The van der Waals surface area contributed by atoms with Crippen LogP contribution in [0.1, 0.15) is 28.9 Å². The lowest BCUT2D eigenvalue weighted by Gasteiger charge is -2.09. The lowest BCUT2D eigenvalue weighted by molar-refractivity contribution is 0.813. The van der Waals surface area contributed by atoms with Crippen LogP contribution in [0.5, 0.6) is 0 Å². The molecule has 0 spiro atoms. The van der Waals surface area contributed by atoms with Crippen molar-refractivity contribution in [1.82, 2.24) is 9.55 Å². The van der Waals surface area contributed by atoms with Gasteiger partial charge in [0.25, 0.3) is 0 Å². The predicted molar refractivity (Wildman–Crippen MR) is 111 cm³/mol. The highest BCUT2D eigenvalue weighted by Crippen LogP contribution is 2.24. The van der Waals surface area contributed by atoms with E-state index in [1.807, 2.05) is 12.1 Å². The average molecular weight is 361 g/mol. The van der Waals surface area contributed by atoms with Crippen molar-refractivity contribution in [2.24, 2.45) is 0 Å². The standard InChI is InChI=1S/C23H21ClN2/c1-16-13-21-22(14-17(16)2)26(15-19-7-10-20(24)11-8-19)23(25-21)12-9-18-5-3-4-6-18/h3,5-14H,4,15H2,1-2H3/b12-9+. The first kappa shape index (κ1) is 16.9. The summed E-state index contributed by atoms with van der Waals surface area (Å²) in [6, 6.07) is 12.4. The van der Waals surface area contributed by atoms with Crippen molar-refractivity contribution < 1.29 is 0 Å². The van der Waals surface area contributed by atoms with E-state index in [9.17, 15) is 0 Å². The van der Waals surface area contributed by atoms with Gasteiger partial charge in [-0.15, -0.1) is 0 Å². The molecule has 3 aromatic rings. The number of hydrogen-bond donors (Lipinski definition) is 0. The summed E-state index contributed by atoms with van der Waals surface area (Å²) in [6.07, 6.45) is 11.8. The zero-order chi connectivity index (χ0) is 18.1. The fourth-order valence-corrected chi connectivity index (χ4v) is 3.36. The van der Waals surface area contributed by atoms with Gasteiger partial charge in [-0.3, -0.25) is 0 Å². The highest BCUT2D eigenvalue weighted by Gasteiger charge is 2.11. The molecule has 3 heteroatoms. The number of imidazole rings is 1. The van der Waals surface area contributed by atoms with Crippen LogP contribution in [-0.4, -0.2) is 9.55 Å². The van der Waals surface area contributed by atoms with Gasteiger partial charge in [0.15, 0.2) is 0 Å². The summed E-state index contributed by atoms with van der Waals surface area (Å²) in [5, 5.41) is 0.760. The number of aromatic nitrogens is 2. The second-order valence-electron chi connectivity index (χ2n) is 6.78. The number of nitrogens with zero attached hydrogens (tertiary/aromatic N) is 2. The van der Waals surface area contributed by atoms with Crippen LogP contribution in [-0.2, 0) is 6.54 Å². The molecule has 1 aromatic heterocycles. The Morgan fingerprint density at radius 3 is 2.58 bits per heavy atom. The van der Waals surface area contributed by atoms with Crippen LogP contribution in [0.4, 0.5) is 0 Å². The Labute approximate surface area is 159 Å². The SMILES string of the molecule is Cc1cc2nc(/C=C/C3=CCC=C3)n(Cc3ccc(Cl)cc3)c2cc1C. The van der Waals surface area contributed by atoms with Crippen LogP contribution in [0, 0.1) is 13.8 Å². The highest BCUT2D eigenvalue weighted by atomic mass is 35.5. The third kappa shape index (κ3) is 3.38. The topological polar surface area (TPSA) is 17.8 Å². The van der Waals surface area contributed by atoms with E-state index in [0.717, 1.165) is 29.3 Å². The average Bonchev–Trinajstić information content (AvgIpc) is 3.25. The molecule has 0 amide bonds. The van der Waals surface area contributed by atoms with Crippen molar-refractivity contribution in [3.63, 3.8) is 0 Å². The Hall–Kier alpha value is -2.58. The molecule has 0 saturated carbocycles. The van der Waals surface area contributed by atoms with Crippen LogP contribution in [0.25, 0.3) is 17.1 Å². The summed E-state index contributed by atoms with van der Waals surface area (Å²) in [6.45, 7) is 5.05. The molecular formula is C23H21ClN2. The van der Waals surface area contributed by atoms with Gasteiger partial charge in [-0.2, -0.15) is 0 Å². The molecule has 0 bridgehead atoms. The molecule has 26 heavy (non-hydrogen) atoms. The lowest BCUT2D eigenvalue weighted by atomic mass is 10.1. The van der Waals surface area contributed by atoms with E-state index in [2.05, 4.69) is 73.1 Å². The predicted octanol–water partition coefficient (Wildman–Crippen LogP) is 6.25. The number of fused-ring (bicyclic) bond motifs is 1. The highest BCUT2D eigenvalue weighted by molar-refractivity contribution is 6.30. The van der Waals surface area contributed by atoms with Crippen molar-refractivity contribution >= 4 is 28.7 Å². The minimum atomic E-state index is 0.760. The zero-order valence-electron chi connectivity index (χ0n) is 15.0. The van der Waals surface area contributed by atoms with Gasteiger partial charge in [0.2, 0.25) is 0 Å². The molecule has 1 aliphatic rings. The number of rotatable bonds is 4. The fraction of sp³-hybridized carbons (Fsp3) is 0.174. The molecular weight excluding hydrogens is 340 g/mol. The Morgan fingerprint density at radius 1 is 1.08 bits per heavy atom. The van der Waals surface area contributed by atoms with Crippen LogP contribution in [0.15, 0.2) is 66.3 Å². The van der Waals surface area contributed by atoms with Gasteiger partial charge < -0.3 is 4.57 Å². The minimum absolute atomic E-state index is 0.760. The molecule has 0 unspecified atom stereocenters. The number of halogens is 1. The summed E-state index contributed by atoms with van der Waals surface area (Å²) >= 11 is 6.04. The van der Waals surface area contributed by atoms with Gasteiger partial charge in [0.05, 0.1) is 11.0 Å². The summed E-state index contributed by atoms with van der Waals surface area (Å²) in [7, 11) is 0. The Morgan fingerprint density at radius 2 is 1.85 bits per heavy atom. The maximum absolute atomic E-state index is 6.04. The Balaban J connectivity index is 1.80. The first-order valence-electron chi connectivity index (χ1n) is 8.87. The van der Waals surface area contributed by atoms with E-state index >= 15 is 0 Å². The third-order valence-electron chi connectivity index (χ3n) is 4.87. The fourth-order valence-electron chi connectivity index (χ4n) is 3.24. The third-order valence-corrected chi connectivity index (χ3v) is 5.12. The van der Waals surface area contributed by atoms with Crippen LogP contribution < -0.4 is 0 Å². The molecule has 130 valence electrons. The smallest absolute Gasteiger partial charge is 0.134 e. The number of aryl methyl sites for hydroxylation is 2. The van der Waals surface area contributed by atoms with Gasteiger partial charge in [0, 0.05) is 11.6 Å². The Bertz CT molecular complexity index is 1050. The Kier molecular flexibility index (Phi) is 4.52. The number of benzene rings is 2. The first-order chi connectivity index (χ1) is 12.6. The first-order valence-corrected chi connectivity index (χ1v) is 9.25. The normalized spacial score (nSPS) is 13.9. The molecule has 4 rings (SSSR count). The lowest BCUT2D eigenvalue weighted by Crippen LogP contribution is -2.02. The molecule has 0 atom stereocenters. The second-order valence-corrected chi connectivity index (χ2v) is 7.22. The number of allylic oxidation sites excluding steroid dienone is 5. The molecule has 2 nitrogen and oxygen atoms in total. The molecule has 1 aliphatic carbocycles. The molecule has 0 saturated heterocycles. The maximum atomic E-state index is 6.04. The van der Waals surface area contributed by atoms with Gasteiger partial charge >= 0.3 is 0 Å². The van der Waals surface area contributed by atoms with Crippen molar-refractivity contribution in [2.45, 2.75) is 26.8 Å². The molecule has 0 fully saturated rings. The van der Waals surface area contributed by atoms with Crippen LogP contribution in [0.2, 0.25) is 5.02 Å². The van der Waals surface area contributed by atoms with Gasteiger partial charge in [0.1, 0.15) is 5.82 Å².